The zero-order valence-electron chi connectivity index (χ0n) is 35.2. The van der Waals surface area contributed by atoms with Crippen LogP contribution in [0.25, 0.3) is 6.08 Å². The normalized spacial score (nSPS) is 27.0. The Bertz CT molecular complexity index is 2260. The lowest BCUT2D eigenvalue weighted by Gasteiger charge is -2.15. The van der Waals surface area contributed by atoms with Crippen molar-refractivity contribution in [3.05, 3.63) is 142 Å². The summed E-state index contributed by atoms with van der Waals surface area (Å²) in [6, 6.07) is 0. The van der Waals surface area contributed by atoms with Crippen LogP contribution in [0.1, 0.15) is 150 Å². The summed E-state index contributed by atoms with van der Waals surface area (Å²) in [7, 11) is 0. The molecule has 4 aliphatic heterocycles. The van der Waals surface area contributed by atoms with Crippen LogP contribution in [0.15, 0.2) is 129 Å². The third kappa shape index (κ3) is 6.24. The molecule has 54 heavy (non-hydrogen) atoms. The Morgan fingerprint density at radius 1 is 0.574 bits per heavy atom. The quantitative estimate of drug-likeness (QED) is 0.302. The molecule has 1 aromatic heterocycles. The first-order chi connectivity index (χ1) is 26.0. The average molecular weight is 719 g/mol. The lowest BCUT2D eigenvalue weighted by Crippen LogP contribution is -2.20. The minimum Gasteiger partial charge on any atom is -0.384 e. The van der Waals surface area contributed by atoms with Gasteiger partial charge in [-0.05, 0) is 206 Å². The van der Waals surface area contributed by atoms with E-state index < -0.39 is 0 Å². The van der Waals surface area contributed by atoms with Gasteiger partial charge in [-0.2, -0.15) is 0 Å². The standard InChI is InChI=1S/C50H62N4/c1-13-36-27(7)19-35-26-51-46(36)24-44-30(10)39(16-4)47(52-44)22-33-20-42(28(8)37(33)14-2)43-21-34(38(15-3)29(43)9)23-48-40(17-5)31(11)45(53-48)25-49-41(18-6)32(12)50(35)54-49/h19,22-25,35,51,54H,13-18,20-21,26H2,1-12H3/b33-22+,34-23+,43-42-,44-24-,45-25-. The first kappa shape index (κ1) is 37.9. The third-order valence-electron chi connectivity index (χ3n) is 13.4. The molecular formula is C50H62N4. The number of nitrogens with one attached hydrogen (secondary N) is 2. The van der Waals surface area contributed by atoms with Crippen molar-refractivity contribution in [2.45, 2.75) is 140 Å². The van der Waals surface area contributed by atoms with Crippen LogP contribution in [0.5, 0.6) is 0 Å². The van der Waals surface area contributed by atoms with Gasteiger partial charge in [0.1, 0.15) is 0 Å². The van der Waals surface area contributed by atoms with Gasteiger partial charge in [0.2, 0.25) is 0 Å². The highest BCUT2D eigenvalue weighted by Crippen LogP contribution is 2.48. The second-order valence-corrected chi connectivity index (χ2v) is 16.0. The predicted molar refractivity (Wildman–Crippen MR) is 232 cm³/mol. The third-order valence-corrected chi connectivity index (χ3v) is 13.4. The summed E-state index contributed by atoms with van der Waals surface area (Å²) in [6.45, 7) is 28.5. The highest BCUT2D eigenvalue weighted by atomic mass is 14.9. The van der Waals surface area contributed by atoms with Crippen LogP contribution >= 0.6 is 0 Å². The molecule has 4 heteroatoms. The van der Waals surface area contributed by atoms with Gasteiger partial charge >= 0.3 is 0 Å². The van der Waals surface area contributed by atoms with E-state index >= 15 is 0 Å². The van der Waals surface area contributed by atoms with Crippen molar-refractivity contribution in [2.75, 3.05) is 6.54 Å². The van der Waals surface area contributed by atoms with Gasteiger partial charge in [-0.1, -0.05) is 47.6 Å². The lowest BCUT2D eigenvalue weighted by molar-refractivity contribution is 0.721. The molecule has 0 radical (unpaired) electrons. The van der Waals surface area contributed by atoms with E-state index in [-0.39, 0.29) is 5.92 Å². The highest BCUT2D eigenvalue weighted by Gasteiger charge is 2.31. The Hall–Kier alpha value is -4.44. The molecule has 2 aliphatic carbocycles. The maximum absolute atomic E-state index is 5.42. The molecule has 0 saturated heterocycles. The minimum atomic E-state index is 0.220. The highest BCUT2D eigenvalue weighted by molar-refractivity contribution is 6.14. The Morgan fingerprint density at radius 3 is 1.56 bits per heavy atom. The number of nitrogens with zero attached hydrogens (tertiary/aromatic N) is 2. The van der Waals surface area contributed by atoms with Crippen molar-refractivity contribution >= 4 is 17.5 Å². The lowest BCUT2D eigenvalue weighted by atomic mass is 9.95. The zero-order chi connectivity index (χ0) is 38.6. The van der Waals surface area contributed by atoms with Gasteiger partial charge in [0, 0.05) is 29.5 Å². The number of rotatable bonds is 6. The van der Waals surface area contributed by atoms with Crippen molar-refractivity contribution in [2.24, 2.45) is 9.98 Å². The molecule has 0 aromatic carbocycles. The second-order valence-electron chi connectivity index (χ2n) is 16.0. The number of aromatic amines is 1. The molecule has 2 N–H and O–H groups in total. The number of aromatic nitrogens is 1. The van der Waals surface area contributed by atoms with E-state index in [4.69, 9.17) is 9.98 Å². The molecule has 0 amide bonds. The van der Waals surface area contributed by atoms with E-state index in [1.807, 2.05) is 0 Å². The Labute approximate surface area is 325 Å². The first-order valence-electron chi connectivity index (χ1n) is 20.9. The van der Waals surface area contributed by atoms with Crippen LogP contribution < -0.4 is 5.32 Å². The van der Waals surface area contributed by atoms with Gasteiger partial charge in [-0.15, -0.1) is 0 Å². The van der Waals surface area contributed by atoms with Crippen molar-refractivity contribution in [1.29, 1.82) is 0 Å². The Morgan fingerprint density at radius 2 is 1.07 bits per heavy atom. The molecular weight excluding hydrogens is 657 g/mol. The molecule has 1 atom stereocenters. The van der Waals surface area contributed by atoms with Crippen LogP contribution in [-0.4, -0.2) is 23.0 Å². The van der Waals surface area contributed by atoms with Crippen LogP contribution in [0, 0.1) is 6.92 Å². The van der Waals surface area contributed by atoms with E-state index in [9.17, 15) is 0 Å². The monoisotopic (exact) mass is 718 g/mol. The number of aliphatic imine (C=N–C) groups is 2. The number of allylic oxidation sites excluding steroid dienone is 17. The smallest absolute Gasteiger partial charge is 0.0690 e. The maximum Gasteiger partial charge on any atom is 0.0690 e. The SMILES string of the molecule is CCC1=C2/C=C3N=C(/C=C4\C/C(=C5\C/C(=C\C6=NC(=C\c7[nH]c(c(C)c7CC)C(C=C1C)CN2)/C(C)=C6CC)C(CC)=C5C)C(C)=C4CC)C(CC)=C\3C. The van der Waals surface area contributed by atoms with E-state index in [0.717, 1.165) is 80.7 Å². The summed E-state index contributed by atoms with van der Waals surface area (Å²) in [5.74, 6) is 0.220. The van der Waals surface area contributed by atoms with Crippen LogP contribution in [0.4, 0.5) is 0 Å². The molecule has 0 fully saturated rings. The van der Waals surface area contributed by atoms with Gasteiger partial charge in [0.15, 0.2) is 0 Å². The predicted octanol–water partition coefficient (Wildman–Crippen LogP) is 13.2. The van der Waals surface area contributed by atoms with Gasteiger partial charge in [-0.3, -0.25) is 0 Å². The minimum absolute atomic E-state index is 0.220. The summed E-state index contributed by atoms with van der Waals surface area (Å²) in [5, 5.41) is 3.94. The molecule has 6 aliphatic rings. The molecule has 12 bridgehead atoms. The second kappa shape index (κ2) is 15.0. The largest absolute Gasteiger partial charge is 0.384 e. The van der Waals surface area contributed by atoms with Crippen LogP contribution in [-0.2, 0) is 6.42 Å². The van der Waals surface area contributed by atoms with E-state index in [2.05, 4.69) is 124 Å². The molecule has 0 saturated carbocycles. The maximum atomic E-state index is 5.42. The summed E-state index contributed by atoms with van der Waals surface area (Å²) < 4.78 is 0. The summed E-state index contributed by atoms with van der Waals surface area (Å²) in [4.78, 5) is 14.8. The van der Waals surface area contributed by atoms with E-state index in [0.29, 0.717) is 0 Å². The Balaban J connectivity index is 1.47. The van der Waals surface area contributed by atoms with Crippen molar-refractivity contribution in [3.8, 4) is 0 Å². The zero-order valence-corrected chi connectivity index (χ0v) is 35.2. The topological polar surface area (TPSA) is 52.5 Å². The fourth-order valence-corrected chi connectivity index (χ4v) is 10.3. The fraction of sp³-hybridized carbons (Fsp3) is 0.440. The summed E-state index contributed by atoms with van der Waals surface area (Å²) >= 11 is 0. The fourth-order valence-electron chi connectivity index (χ4n) is 10.3. The molecule has 1 aromatic rings. The number of hydrogen-bond donors (Lipinski definition) is 2. The molecule has 5 heterocycles. The Kier molecular flexibility index (Phi) is 10.5. The number of hydrogen-bond acceptors (Lipinski definition) is 3. The van der Waals surface area contributed by atoms with Crippen molar-refractivity contribution in [3.63, 3.8) is 0 Å². The van der Waals surface area contributed by atoms with Gasteiger partial charge in [-0.25, -0.2) is 9.98 Å². The van der Waals surface area contributed by atoms with E-state index in [1.54, 1.807) is 0 Å². The molecule has 282 valence electrons. The average Bonchev–Trinajstić information content (AvgIpc) is 3.88. The summed E-state index contributed by atoms with van der Waals surface area (Å²) in [6.07, 6.45) is 19.9. The summed E-state index contributed by atoms with van der Waals surface area (Å²) in [5.41, 5.74) is 30.8. The van der Waals surface area contributed by atoms with Crippen LogP contribution in [0.2, 0.25) is 0 Å². The van der Waals surface area contributed by atoms with Crippen molar-refractivity contribution in [1.82, 2.24) is 10.3 Å². The molecule has 4 nitrogen and oxygen atoms in total. The molecule has 0 spiro atoms. The van der Waals surface area contributed by atoms with Gasteiger partial charge in [0.25, 0.3) is 0 Å². The molecule has 7 rings (SSSR count). The van der Waals surface area contributed by atoms with Gasteiger partial charge in [0.05, 0.1) is 22.8 Å². The van der Waals surface area contributed by atoms with Crippen molar-refractivity contribution < 1.29 is 0 Å². The van der Waals surface area contributed by atoms with E-state index in [1.165, 1.54) is 106 Å². The molecule has 1 unspecified atom stereocenters. The first-order valence-corrected chi connectivity index (χ1v) is 20.9. The number of fused-ring (bicyclic) bond motifs is 12. The van der Waals surface area contributed by atoms with Crippen LogP contribution in [0.3, 0.4) is 0 Å². The number of H-pyrrole nitrogens is 1. The van der Waals surface area contributed by atoms with Gasteiger partial charge < -0.3 is 10.3 Å².